The summed E-state index contributed by atoms with van der Waals surface area (Å²) in [7, 11) is 0. The third-order valence-corrected chi connectivity index (χ3v) is 6.13. The predicted octanol–water partition coefficient (Wildman–Crippen LogP) is 5.46. The molecule has 162 valence electrons. The number of thioether (sulfide) groups is 1. The maximum absolute atomic E-state index is 13.0. The van der Waals surface area contributed by atoms with Gasteiger partial charge >= 0.3 is 0 Å². The minimum atomic E-state index is -0.517. The fourth-order valence-corrected chi connectivity index (χ4v) is 3.91. The molecule has 0 aliphatic rings. The van der Waals surface area contributed by atoms with Crippen LogP contribution in [0.15, 0.2) is 53.4 Å². The summed E-state index contributed by atoms with van der Waals surface area (Å²) in [6.07, 6.45) is 2.32. The zero-order valence-corrected chi connectivity index (χ0v) is 19.6. The highest BCUT2D eigenvalue weighted by Crippen LogP contribution is 2.22. The number of nitrogens with one attached hydrogen (secondary N) is 1. The molecule has 0 aliphatic heterocycles. The van der Waals surface area contributed by atoms with Crippen LogP contribution in [0.4, 0.5) is 0 Å². The lowest BCUT2D eigenvalue weighted by atomic mass is 10.1. The van der Waals surface area contributed by atoms with Crippen LogP contribution in [0.5, 0.6) is 0 Å². The highest BCUT2D eigenvalue weighted by atomic mass is 35.5. The van der Waals surface area contributed by atoms with E-state index in [2.05, 4.69) is 12.2 Å². The van der Waals surface area contributed by atoms with Crippen molar-refractivity contribution in [3.05, 3.63) is 64.7 Å². The minimum absolute atomic E-state index is 0.0184. The van der Waals surface area contributed by atoms with Crippen LogP contribution < -0.4 is 5.32 Å². The molecule has 0 fully saturated rings. The minimum Gasteiger partial charge on any atom is -0.354 e. The molecule has 0 spiro atoms. The number of rotatable bonds is 11. The van der Waals surface area contributed by atoms with E-state index in [-0.39, 0.29) is 11.8 Å². The third kappa shape index (κ3) is 8.04. The second-order valence-electron chi connectivity index (χ2n) is 7.38. The number of unbranched alkanes of at least 4 members (excludes halogenated alkanes) is 1. The van der Waals surface area contributed by atoms with Gasteiger partial charge < -0.3 is 10.2 Å². The Balaban J connectivity index is 2.02. The summed E-state index contributed by atoms with van der Waals surface area (Å²) in [6.45, 7) is 6.98. The zero-order valence-electron chi connectivity index (χ0n) is 18.0. The van der Waals surface area contributed by atoms with E-state index in [1.54, 1.807) is 23.6 Å². The van der Waals surface area contributed by atoms with Crippen LogP contribution in [0.1, 0.15) is 44.2 Å². The number of nitrogens with zero attached hydrogens (tertiary/aromatic N) is 1. The van der Waals surface area contributed by atoms with Gasteiger partial charge in [0.2, 0.25) is 11.8 Å². The fraction of sp³-hybridized carbons (Fsp3) is 0.417. The third-order valence-electron chi connectivity index (χ3n) is 4.87. The molecule has 1 atom stereocenters. The van der Waals surface area contributed by atoms with Gasteiger partial charge in [-0.05, 0) is 50.1 Å². The van der Waals surface area contributed by atoms with Crippen molar-refractivity contribution in [3.63, 3.8) is 0 Å². The average Bonchev–Trinajstić information content (AvgIpc) is 2.74. The molecule has 6 heteroatoms. The van der Waals surface area contributed by atoms with E-state index >= 15 is 0 Å². The normalized spacial score (nSPS) is 11.7. The van der Waals surface area contributed by atoms with Crippen LogP contribution in [0.2, 0.25) is 5.02 Å². The number of hydrogen-bond donors (Lipinski definition) is 1. The first-order valence-corrected chi connectivity index (χ1v) is 11.8. The standard InChI is InChI=1S/C24H31ClN2O2S/c1-4-5-15-26-24(29)19(3)27(17-20-8-6-18(2)7-9-20)23(28)14-16-30-22-12-10-21(25)11-13-22/h6-13,19H,4-5,14-17H2,1-3H3,(H,26,29). The van der Waals surface area contributed by atoms with Gasteiger partial charge in [-0.15, -0.1) is 11.8 Å². The van der Waals surface area contributed by atoms with Crippen LogP contribution in [-0.4, -0.2) is 35.1 Å². The van der Waals surface area contributed by atoms with E-state index in [1.165, 1.54) is 5.56 Å². The number of benzene rings is 2. The molecule has 0 saturated carbocycles. The summed E-state index contributed by atoms with van der Waals surface area (Å²) in [6, 6.07) is 15.2. The molecular formula is C24H31ClN2O2S. The van der Waals surface area contributed by atoms with Crippen LogP contribution in [0.25, 0.3) is 0 Å². The summed E-state index contributed by atoms with van der Waals surface area (Å²) in [5.41, 5.74) is 2.19. The van der Waals surface area contributed by atoms with Gasteiger partial charge in [0.25, 0.3) is 0 Å². The van der Waals surface area contributed by atoms with E-state index < -0.39 is 6.04 Å². The lowest BCUT2D eigenvalue weighted by molar-refractivity contribution is -0.140. The molecule has 1 unspecified atom stereocenters. The molecule has 2 aromatic carbocycles. The van der Waals surface area contributed by atoms with Crippen LogP contribution in [0, 0.1) is 6.92 Å². The molecule has 0 heterocycles. The number of hydrogen-bond acceptors (Lipinski definition) is 3. The molecule has 2 aromatic rings. The Morgan fingerprint density at radius 2 is 1.77 bits per heavy atom. The van der Waals surface area contributed by atoms with Gasteiger partial charge in [0, 0.05) is 35.2 Å². The molecular weight excluding hydrogens is 416 g/mol. The Kier molecular flexibility index (Phi) is 10.2. The maximum atomic E-state index is 13.0. The topological polar surface area (TPSA) is 49.4 Å². The summed E-state index contributed by atoms with van der Waals surface area (Å²) in [5, 5.41) is 3.65. The number of carbonyl (C=O) groups is 2. The van der Waals surface area contributed by atoms with Crippen LogP contribution in [-0.2, 0) is 16.1 Å². The molecule has 0 aromatic heterocycles. The van der Waals surface area contributed by atoms with E-state index in [0.717, 1.165) is 23.3 Å². The van der Waals surface area contributed by atoms with E-state index in [4.69, 9.17) is 11.6 Å². The molecule has 2 rings (SSSR count). The maximum Gasteiger partial charge on any atom is 0.242 e. The lowest BCUT2D eigenvalue weighted by Gasteiger charge is -2.29. The molecule has 4 nitrogen and oxygen atoms in total. The van der Waals surface area contributed by atoms with Gasteiger partial charge in [-0.3, -0.25) is 9.59 Å². The monoisotopic (exact) mass is 446 g/mol. The largest absolute Gasteiger partial charge is 0.354 e. The molecule has 2 amide bonds. The van der Waals surface area contributed by atoms with Gasteiger partial charge in [-0.1, -0.05) is 54.8 Å². The van der Waals surface area contributed by atoms with Gasteiger partial charge in [0.05, 0.1) is 0 Å². The average molecular weight is 447 g/mol. The smallest absolute Gasteiger partial charge is 0.242 e. The molecule has 30 heavy (non-hydrogen) atoms. The number of amides is 2. The van der Waals surface area contributed by atoms with E-state index in [0.29, 0.717) is 30.3 Å². The SMILES string of the molecule is CCCCNC(=O)C(C)N(Cc1ccc(C)cc1)C(=O)CCSc1ccc(Cl)cc1. The highest BCUT2D eigenvalue weighted by molar-refractivity contribution is 7.99. The van der Waals surface area contributed by atoms with Crippen molar-refractivity contribution in [2.75, 3.05) is 12.3 Å². The fourth-order valence-electron chi connectivity index (χ4n) is 2.94. The molecule has 0 bridgehead atoms. The lowest BCUT2D eigenvalue weighted by Crippen LogP contribution is -2.47. The molecule has 0 aliphatic carbocycles. The quantitative estimate of drug-likeness (QED) is 0.368. The van der Waals surface area contributed by atoms with Crippen molar-refractivity contribution < 1.29 is 9.59 Å². The summed E-state index contributed by atoms with van der Waals surface area (Å²) in [4.78, 5) is 28.4. The number of aryl methyl sites for hydroxylation is 1. The van der Waals surface area contributed by atoms with Crippen molar-refractivity contribution >= 4 is 35.2 Å². The number of halogens is 1. The Morgan fingerprint density at radius 3 is 2.40 bits per heavy atom. The van der Waals surface area contributed by atoms with Crippen molar-refractivity contribution in [1.82, 2.24) is 10.2 Å². The summed E-state index contributed by atoms with van der Waals surface area (Å²) in [5.74, 6) is 0.527. The Morgan fingerprint density at radius 1 is 1.10 bits per heavy atom. The molecule has 1 N–H and O–H groups in total. The van der Waals surface area contributed by atoms with E-state index in [9.17, 15) is 9.59 Å². The van der Waals surface area contributed by atoms with Gasteiger partial charge in [-0.25, -0.2) is 0 Å². The summed E-state index contributed by atoms with van der Waals surface area (Å²) < 4.78 is 0. The zero-order chi connectivity index (χ0) is 21.9. The van der Waals surface area contributed by atoms with Gasteiger partial charge in [0.15, 0.2) is 0 Å². The Hall–Kier alpha value is -1.98. The van der Waals surface area contributed by atoms with Crippen molar-refractivity contribution in [3.8, 4) is 0 Å². The van der Waals surface area contributed by atoms with Crippen molar-refractivity contribution in [2.45, 2.75) is 57.5 Å². The van der Waals surface area contributed by atoms with Crippen LogP contribution in [0.3, 0.4) is 0 Å². The second-order valence-corrected chi connectivity index (χ2v) is 8.98. The second kappa shape index (κ2) is 12.7. The van der Waals surface area contributed by atoms with Gasteiger partial charge in [0.1, 0.15) is 6.04 Å². The molecule has 0 saturated heterocycles. The van der Waals surface area contributed by atoms with Crippen molar-refractivity contribution in [2.24, 2.45) is 0 Å². The van der Waals surface area contributed by atoms with Gasteiger partial charge in [-0.2, -0.15) is 0 Å². The van der Waals surface area contributed by atoms with Crippen LogP contribution >= 0.6 is 23.4 Å². The van der Waals surface area contributed by atoms with Crippen molar-refractivity contribution in [1.29, 1.82) is 0 Å². The first-order chi connectivity index (χ1) is 14.4. The Bertz CT molecular complexity index is 809. The first-order valence-electron chi connectivity index (χ1n) is 10.4. The van der Waals surface area contributed by atoms with E-state index in [1.807, 2.05) is 55.5 Å². The molecule has 0 radical (unpaired) electrons. The first kappa shape index (κ1) is 24.3. The Labute approximate surface area is 189 Å². The summed E-state index contributed by atoms with van der Waals surface area (Å²) >= 11 is 7.54. The highest BCUT2D eigenvalue weighted by Gasteiger charge is 2.25. The number of carbonyl (C=O) groups excluding carboxylic acids is 2. The predicted molar refractivity (Wildman–Crippen MR) is 126 cm³/mol.